The molecule has 0 saturated carbocycles. The fraction of sp³-hybridized carbons (Fsp3) is 0.222. The average Bonchev–Trinajstić information content (AvgIpc) is 2.57. The molecular weight excluding hydrogens is 324 g/mol. The lowest BCUT2D eigenvalue weighted by atomic mass is 10.1. The second kappa shape index (κ2) is 8.05. The zero-order valence-electron chi connectivity index (χ0n) is 13.9. The van der Waals surface area contributed by atoms with Crippen molar-refractivity contribution in [2.45, 2.75) is 26.5 Å². The Kier molecular flexibility index (Phi) is 5.84. The highest BCUT2D eigenvalue weighted by Crippen LogP contribution is 2.12. The summed E-state index contributed by atoms with van der Waals surface area (Å²) in [5, 5.41) is 2.58. The number of ether oxygens (including phenoxy) is 1. The number of anilines is 1. The van der Waals surface area contributed by atoms with E-state index < -0.39 is 18.0 Å². The molecule has 7 nitrogen and oxygen atoms in total. The summed E-state index contributed by atoms with van der Waals surface area (Å²) in [4.78, 5) is 46.9. The summed E-state index contributed by atoms with van der Waals surface area (Å²) in [6.45, 7) is 2.57. The van der Waals surface area contributed by atoms with Gasteiger partial charge in [0.15, 0.2) is 11.9 Å². The number of hydrogen-bond donors (Lipinski definition) is 1. The topological polar surface area (TPSA) is 94.5 Å². The van der Waals surface area contributed by atoms with Crippen LogP contribution in [0.1, 0.15) is 24.2 Å². The molecule has 7 heteroatoms. The summed E-state index contributed by atoms with van der Waals surface area (Å²) in [5.74, 6) is -1.35. The molecule has 1 atom stereocenters. The summed E-state index contributed by atoms with van der Waals surface area (Å²) in [5.41, 5.74) is 0.559. The van der Waals surface area contributed by atoms with E-state index in [9.17, 15) is 19.2 Å². The van der Waals surface area contributed by atoms with Crippen molar-refractivity contribution in [2.24, 2.45) is 0 Å². The zero-order chi connectivity index (χ0) is 18.4. The number of rotatable bonds is 6. The Morgan fingerprint density at radius 3 is 2.60 bits per heavy atom. The van der Waals surface area contributed by atoms with Crippen LogP contribution in [0.4, 0.5) is 5.69 Å². The number of ketones is 1. The first kappa shape index (κ1) is 18.1. The van der Waals surface area contributed by atoms with Gasteiger partial charge in [-0.3, -0.25) is 19.2 Å². The molecule has 1 aromatic heterocycles. The van der Waals surface area contributed by atoms with Crippen molar-refractivity contribution in [2.75, 3.05) is 5.32 Å². The van der Waals surface area contributed by atoms with Crippen LogP contribution in [0, 0.1) is 0 Å². The van der Waals surface area contributed by atoms with Gasteiger partial charge in [-0.25, -0.2) is 0 Å². The number of Topliss-reactive ketones (excluding diaryl/α,β-unsaturated/α-hetero) is 1. The Morgan fingerprint density at radius 1 is 1.16 bits per heavy atom. The largest absolute Gasteiger partial charge is 0.451 e. The number of carbonyl (C=O) groups is 3. The number of benzene rings is 1. The van der Waals surface area contributed by atoms with Crippen molar-refractivity contribution in [3.8, 4) is 0 Å². The fourth-order valence-electron chi connectivity index (χ4n) is 2.08. The van der Waals surface area contributed by atoms with Gasteiger partial charge in [0.1, 0.15) is 6.54 Å². The summed E-state index contributed by atoms with van der Waals surface area (Å²) in [6.07, 6.45) is 0.412. The van der Waals surface area contributed by atoms with Crippen LogP contribution >= 0.6 is 0 Å². The number of hydrogen-bond acceptors (Lipinski definition) is 5. The van der Waals surface area contributed by atoms with Crippen LogP contribution in [0.5, 0.6) is 0 Å². The van der Waals surface area contributed by atoms with Gasteiger partial charge in [-0.15, -0.1) is 0 Å². The van der Waals surface area contributed by atoms with Crippen molar-refractivity contribution >= 4 is 23.3 Å². The Hall–Kier alpha value is -3.22. The van der Waals surface area contributed by atoms with Gasteiger partial charge in [0.25, 0.3) is 11.5 Å². The molecule has 0 aliphatic heterocycles. The van der Waals surface area contributed by atoms with Gasteiger partial charge in [-0.1, -0.05) is 18.2 Å². The number of esters is 1. The lowest BCUT2D eigenvalue weighted by molar-refractivity contribution is -0.153. The van der Waals surface area contributed by atoms with Crippen molar-refractivity contribution < 1.29 is 19.1 Å². The quantitative estimate of drug-likeness (QED) is 0.636. The first-order valence-electron chi connectivity index (χ1n) is 7.63. The van der Waals surface area contributed by atoms with Gasteiger partial charge >= 0.3 is 5.97 Å². The van der Waals surface area contributed by atoms with E-state index in [-0.39, 0.29) is 17.9 Å². The third-order valence-corrected chi connectivity index (χ3v) is 3.41. The number of amides is 1. The average molecular weight is 342 g/mol. The number of nitrogens with one attached hydrogen (secondary N) is 1. The van der Waals surface area contributed by atoms with Gasteiger partial charge in [-0.05, 0) is 32.0 Å². The first-order chi connectivity index (χ1) is 11.9. The van der Waals surface area contributed by atoms with E-state index in [2.05, 4.69) is 5.32 Å². The van der Waals surface area contributed by atoms with Crippen LogP contribution in [0.3, 0.4) is 0 Å². The molecule has 25 heavy (non-hydrogen) atoms. The monoisotopic (exact) mass is 342 g/mol. The molecule has 1 heterocycles. The third kappa shape index (κ3) is 5.13. The maximum Gasteiger partial charge on any atom is 0.326 e. The number of pyridine rings is 1. The highest BCUT2D eigenvalue weighted by molar-refractivity contribution is 5.98. The molecule has 0 saturated heterocycles. The predicted molar refractivity (Wildman–Crippen MR) is 91.3 cm³/mol. The van der Waals surface area contributed by atoms with Crippen LogP contribution in [0.25, 0.3) is 0 Å². The molecule has 1 aromatic carbocycles. The molecule has 0 bridgehead atoms. The van der Waals surface area contributed by atoms with Gasteiger partial charge in [0, 0.05) is 23.5 Å². The standard InChI is InChI=1S/C18H18N2O5/c1-12(21)14-6-5-7-15(10-14)19-18(24)13(2)25-17(23)11-20-9-4-3-8-16(20)22/h3-10,13H,11H2,1-2H3,(H,19,24)/t13-/m0/s1. The molecule has 0 fully saturated rings. The lowest BCUT2D eigenvalue weighted by Crippen LogP contribution is -2.32. The Labute approximate surface area is 144 Å². The van der Waals surface area contributed by atoms with E-state index in [0.717, 1.165) is 0 Å². The minimum absolute atomic E-state index is 0.121. The van der Waals surface area contributed by atoms with Gasteiger partial charge in [0.2, 0.25) is 0 Å². The van der Waals surface area contributed by atoms with Crippen molar-refractivity contribution in [3.05, 3.63) is 64.6 Å². The van der Waals surface area contributed by atoms with Crippen molar-refractivity contribution in [1.29, 1.82) is 0 Å². The number of carbonyl (C=O) groups excluding carboxylic acids is 3. The Bertz CT molecular complexity index is 856. The molecule has 1 amide bonds. The molecule has 0 spiro atoms. The molecule has 0 aliphatic carbocycles. The lowest BCUT2D eigenvalue weighted by Gasteiger charge is -2.14. The van der Waals surface area contributed by atoms with E-state index in [4.69, 9.17) is 4.74 Å². The summed E-state index contributed by atoms with van der Waals surface area (Å²) < 4.78 is 6.23. The van der Waals surface area contributed by atoms with Crippen molar-refractivity contribution in [1.82, 2.24) is 4.57 Å². The molecular formula is C18H18N2O5. The molecule has 0 unspecified atom stereocenters. The molecule has 2 aromatic rings. The number of aromatic nitrogens is 1. The maximum atomic E-state index is 12.1. The Morgan fingerprint density at radius 2 is 1.92 bits per heavy atom. The van der Waals surface area contributed by atoms with Crippen LogP contribution in [0.15, 0.2) is 53.5 Å². The van der Waals surface area contributed by atoms with E-state index in [1.54, 1.807) is 30.3 Å². The van der Waals surface area contributed by atoms with E-state index >= 15 is 0 Å². The molecule has 130 valence electrons. The molecule has 1 N–H and O–H groups in total. The highest BCUT2D eigenvalue weighted by atomic mass is 16.5. The molecule has 0 radical (unpaired) electrons. The second-order valence-electron chi connectivity index (χ2n) is 5.43. The fourth-order valence-corrected chi connectivity index (χ4v) is 2.08. The van der Waals surface area contributed by atoms with Crippen LogP contribution in [0.2, 0.25) is 0 Å². The minimum atomic E-state index is -1.05. The van der Waals surface area contributed by atoms with E-state index in [1.807, 2.05) is 0 Å². The van der Waals surface area contributed by atoms with Crippen LogP contribution < -0.4 is 10.9 Å². The first-order valence-corrected chi connectivity index (χ1v) is 7.63. The third-order valence-electron chi connectivity index (χ3n) is 3.41. The predicted octanol–water partition coefficient (Wildman–Crippen LogP) is 1.62. The summed E-state index contributed by atoms with van der Waals surface area (Å²) in [7, 11) is 0. The minimum Gasteiger partial charge on any atom is -0.451 e. The molecule has 0 aliphatic rings. The number of nitrogens with zero attached hydrogens (tertiary/aromatic N) is 1. The normalized spacial score (nSPS) is 11.4. The second-order valence-corrected chi connectivity index (χ2v) is 5.43. The Balaban J connectivity index is 1.95. The van der Waals surface area contributed by atoms with Gasteiger partial charge in [-0.2, -0.15) is 0 Å². The van der Waals surface area contributed by atoms with E-state index in [0.29, 0.717) is 11.3 Å². The van der Waals surface area contributed by atoms with Gasteiger partial charge < -0.3 is 14.6 Å². The smallest absolute Gasteiger partial charge is 0.326 e. The summed E-state index contributed by atoms with van der Waals surface area (Å²) >= 11 is 0. The molecule has 2 rings (SSSR count). The highest BCUT2D eigenvalue weighted by Gasteiger charge is 2.18. The van der Waals surface area contributed by atoms with Crippen LogP contribution in [-0.2, 0) is 20.9 Å². The van der Waals surface area contributed by atoms with Crippen molar-refractivity contribution in [3.63, 3.8) is 0 Å². The zero-order valence-corrected chi connectivity index (χ0v) is 13.9. The van der Waals surface area contributed by atoms with Gasteiger partial charge in [0.05, 0.1) is 0 Å². The SMILES string of the molecule is CC(=O)c1cccc(NC(=O)[C@H](C)OC(=O)Cn2ccccc2=O)c1. The van der Waals surface area contributed by atoms with Crippen LogP contribution in [-0.4, -0.2) is 28.3 Å². The van der Waals surface area contributed by atoms with E-state index in [1.165, 1.54) is 36.7 Å². The maximum absolute atomic E-state index is 12.1. The summed E-state index contributed by atoms with van der Waals surface area (Å²) in [6, 6.07) is 11.0.